The van der Waals surface area contributed by atoms with Gasteiger partial charge in [0.05, 0.1) is 13.2 Å². The number of hydrogen-bond donors (Lipinski definition) is 2. The molecule has 0 aromatic heterocycles. The number of amides is 1. The third kappa shape index (κ3) is 17.2. The molecule has 2 N–H and O–H groups in total. The molecule has 23 heavy (non-hydrogen) atoms. The fraction of sp³-hybridized carbons (Fsp3) is 0.842. The highest BCUT2D eigenvalue weighted by Crippen LogP contribution is 2.09. The maximum atomic E-state index is 10.8. The van der Waals surface area contributed by atoms with Crippen molar-refractivity contribution in [2.24, 2.45) is 0 Å². The average molecular weight is 328 g/mol. The second-order valence-electron chi connectivity index (χ2n) is 6.19. The summed E-state index contributed by atoms with van der Waals surface area (Å²) in [6.45, 7) is 2.90. The molecule has 4 heteroatoms. The van der Waals surface area contributed by atoms with E-state index >= 15 is 0 Å². The van der Waals surface area contributed by atoms with Crippen LogP contribution in [0.1, 0.15) is 84.0 Å². The number of unbranched alkanes of at least 4 members (excludes halogenated alkanes) is 8. The third-order valence-corrected chi connectivity index (χ3v) is 3.97. The van der Waals surface area contributed by atoms with E-state index in [1.807, 2.05) is 0 Å². The molecule has 0 radical (unpaired) electrons. The molecule has 1 atom stereocenters. The van der Waals surface area contributed by atoms with Gasteiger partial charge in [0, 0.05) is 6.54 Å². The number of rotatable bonds is 15. The molecule has 0 aromatic carbocycles. The Morgan fingerprint density at radius 2 is 1.74 bits per heavy atom. The van der Waals surface area contributed by atoms with E-state index in [1.54, 1.807) is 0 Å². The summed E-state index contributed by atoms with van der Waals surface area (Å²) in [5, 5.41) is 12.5. The Labute approximate surface area is 142 Å². The first-order valence-corrected chi connectivity index (χ1v) is 9.35. The van der Waals surface area contributed by atoms with E-state index in [-0.39, 0.29) is 12.2 Å². The number of hydrogen-bond acceptors (Lipinski definition) is 3. The van der Waals surface area contributed by atoms with Gasteiger partial charge in [-0.05, 0) is 32.1 Å². The van der Waals surface area contributed by atoms with E-state index in [0.29, 0.717) is 6.54 Å². The van der Waals surface area contributed by atoms with Crippen LogP contribution in [0.4, 0.5) is 4.79 Å². The van der Waals surface area contributed by atoms with Crippen molar-refractivity contribution in [3.63, 3.8) is 0 Å². The topological polar surface area (TPSA) is 58.6 Å². The number of carbonyl (C=O) groups is 1. The number of methoxy groups -OCH3 is 1. The van der Waals surface area contributed by atoms with Crippen molar-refractivity contribution in [3.8, 4) is 0 Å². The van der Waals surface area contributed by atoms with Crippen LogP contribution in [0.5, 0.6) is 0 Å². The summed E-state index contributed by atoms with van der Waals surface area (Å²) in [4.78, 5) is 10.8. The molecule has 0 bridgehead atoms. The lowest BCUT2D eigenvalue weighted by Crippen LogP contribution is -2.23. The van der Waals surface area contributed by atoms with Gasteiger partial charge in [0.2, 0.25) is 0 Å². The molecule has 0 aromatic rings. The molecule has 1 unspecified atom stereocenters. The molecule has 0 saturated carbocycles. The Balaban J connectivity index is 3.26. The SMILES string of the molecule is CCCCCCC(O)C/C=C\CCCCCCCNC(=O)OC. The maximum Gasteiger partial charge on any atom is 0.406 e. The number of allylic oxidation sites excluding steroid dienone is 1. The van der Waals surface area contributed by atoms with Crippen LogP contribution in [-0.4, -0.2) is 31.0 Å². The number of ether oxygens (including phenoxy) is 1. The van der Waals surface area contributed by atoms with Gasteiger partial charge in [-0.3, -0.25) is 0 Å². The van der Waals surface area contributed by atoms with E-state index in [9.17, 15) is 9.90 Å². The first-order chi connectivity index (χ1) is 11.2. The molecular weight excluding hydrogens is 290 g/mol. The minimum atomic E-state index is -0.345. The minimum absolute atomic E-state index is 0.162. The molecule has 1 amide bonds. The summed E-state index contributed by atoms with van der Waals surface area (Å²) in [6.07, 6.45) is 17.4. The molecule has 136 valence electrons. The van der Waals surface area contributed by atoms with Gasteiger partial charge in [0.25, 0.3) is 0 Å². The monoisotopic (exact) mass is 327 g/mol. The van der Waals surface area contributed by atoms with Crippen LogP contribution in [0.2, 0.25) is 0 Å². The normalized spacial score (nSPS) is 12.5. The van der Waals surface area contributed by atoms with Gasteiger partial charge in [0.1, 0.15) is 0 Å². The largest absolute Gasteiger partial charge is 0.453 e. The van der Waals surface area contributed by atoms with Gasteiger partial charge in [0.15, 0.2) is 0 Å². The zero-order valence-electron chi connectivity index (χ0n) is 15.2. The Bertz CT molecular complexity index is 292. The van der Waals surface area contributed by atoms with Crippen LogP contribution in [0.15, 0.2) is 12.2 Å². The molecule has 4 nitrogen and oxygen atoms in total. The molecule has 0 aliphatic heterocycles. The van der Waals surface area contributed by atoms with Crippen LogP contribution in [0.3, 0.4) is 0 Å². The molecule has 0 heterocycles. The number of alkyl carbamates (subject to hydrolysis) is 1. The number of aliphatic hydroxyl groups is 1. The minimum Gasteiger partial charge on any atom is -0.453 e. The molecule has 0 saturated heterocycles. The average Bonchev–Trinajstić information content (AvgIpc) is 2.56. The van der Waals surface area contributed by atoms with Crippen LogP contribution < -0.4 is 5.32 Å². The van der Waals surface area contributed by atoms with Gasteiger partial charge < -0.3 is 15.2 Å². The van der Waals surface area contributed by atoms with E-state index in [2.05, 4.69) is 29.1 Å². The quantitative estimate of drug-likeness (QED) is 0.330. The second kappa shape index (κ2) is 17.3. The Hall–Kier alpha value is -1.03. The fourth-order valence-electron chi connectivity index (χ4n) is 2.48. The molecule has 0 spiro atoms. The van der Waals surface area contributed by atoms with Gasteiger partial charge in [-0.15, -0.1) is 0 Å². The highest BCUT2D eigenvalue weighted by molar-refractivity contribution is 5.66. The summed E-state index contributed by atoms with van der Waals surface area (Å²) in [7, 11) is 1.38. The molecule has 0 aliphatic rings. The van der Waals surface area contributed by atoms with Crippen LogP contribution >= 0.6 is 0 Å². The second-order valence-corrected chi connectivity index (χ2v) is 6.19. The molecule has 0 aliphatic carbocycles. The van der Waals surface area contributed by atoms with Gasteiger partial charge in [-0.1, -0.05) is 64.0 Å². The molecule has 0 rings (SSSR count). The molecular formula is C19H37NO3. The van der Waals surface area contributed by atoms with Gasteiger partial charge in [-0.25, -0.2) is 4.79 Å². The lowest BCUT2D eigenvalue weighted by atomic mass is 10.1. The Morgan fingerprint density at radius 1 is 1.04 bits per heavy atom. The third-order valence-electron chi connectivity index (χ3n) is 3.97. The number of carbonyl (C=O) groups excluding carboxylic acids is 1. The highest BCUT2D eigenvalue weighted by atomic mass is 16.5. The summed E-state index contributed by atoms with van der Waals surface area (Å²) in [5.41, 5.74) is 0. The van der Waals surface area contributed by atoms with Crippen LogP contribution in [-0.2, 0) is 4.74 Å². The van der Waals surface area contributed by atoms with E-state index < -0.39 is 0 Å². The standard InChI is InChI=1S/C19H37NO3/c1-3-4-5-12-15-18(21)16-13-10-8-6-7-9-11-14-17-20-19(22)23-2/h10,13,18,21H,3-9,11-12,14-17H2,1-2H3,(H,20,22)/b13-10-. The summed E-state index contributed by atoms with van der Waals surface area (Å²) in [6, 6.07) is 0. The van der Waals surface area contributed by atoms with Crippen LogP contribution in [0.25, 0.3) is 0 Å². The maximum absolute atomic E-state index is 10.8. The molecule has 0 fully saturated rings. The van der Waals surface area contributed by atoms with Gasteiger partial charge in [-0.2, -0.15) is 0 Å². The highest BCUT2D eigenvalue weighted by Gasteiger charge is 2.00. The summed E-state index contributed by atoms with van der Waals surface area (Å²) in [5.74, 6) is 0. The summed E-state index contributed by atoms with van der Waals surface area (Å²) >= 11 is 0. The van der Waals surface area contributed by atoms with E-state index in [0.717, 1.165) is 38.5 Å². The van der Waals surface area contributed by atoms with E-state index in [1.165, 1.54) is 45.6 Å². The van der Waals surface area contributed by atoms with Crippen molar-refractivity contribution in [1.29, 1.82) is 0 Å². The smallest absolute Gasteiger partial charge is 0.406 e. The zero-order chi connectivity index (χ0) is 17.2. The first kappa shape index (κ1) is 22.0. The fourth-order valence-corrected chi connectivity index (χ4v) is 2.48. The zero-order valence-corrected chi connectivity index (χ0v) is 15.2. The predicted molar refractivity (Wildman–Crippen MR) is 96.6 cm³/mol. The Morgan fingerprint density at radius 3 is 2.48 bits per heavy atom. The lowest BCUT2D eigenvalue weighted by molar-refractivity contribution is 0.163. The van der Waals surface area contributed by atoms with E-state index in [4.69, 9.17) is 0 Å². The predicted octanol–water partition coefficient (Wildman–Crippen LogP) is 4.96. The van der Waals surface area contributed by atoms with Crippen molar-refractivity contribution in [1.82, 2.24) is 5.32 Å². The lowest BCUT2D eigenvalue weighted by Gasteiger charge is -2.07. The Kier molecular flexibility index (Phi) is 16.5. The van der Waals surface area contributed by atoms with Gasteiger partial charge >= 0.3 is 6.09 Å². The number of nitrogens with one attached hydrogen (secondary N) is 1. The summed E-state index contributed by atoms with van der Waals surface area (Å²) < 4.78 is 4.51. The van der Waals surface area contributed by atoms with Crippen molar-refractivity contribution in [2.75, 3.05) is 13.7 Å². The van der Waals surface area contributed by atoms with Crippen molar-refractivity contribution in [3.05, 3.63) is 12.2 Å². The van der Waals surface area contributed by atoms with Crippen molar-refractivity contribution in [2.45, 2.75) is 90.1 Å². The van der Waals surface area contributed by atoms with Crippen molar-refractivity contribution >= 4 is 6.09 Å². The van der Waals surface area contributed by atoms with Crippen LogP contribution in [0, 0.1) is 0 Å². The first-order valence-electron chi connectivity index (χ1n) is 9.35. The number of aliphatic hydroxyl groups excluding tert-OH is 1. The van der Waals surface area contributed by atoms with Crippen molar-refractivity contribution < 1.29 is 14.6 Å².